The van der Waals surface area contributed by atoms with E-state index >= 15 is 0 Å². The van der Waals surface area contributed by atoms with Gasteiger partial charge >= 0.3 is 0 Å². The van der Waals surface area contributed by atoms with Crippen LogP contribution in [0.2, 0.25) is 0 Å². The SMILES string of the molecule is CCc1ccccc1NCC(=O)Nc1cccc(S(=O)(=O)Nc2nc3ccccc3nc2Nc2cc(OC)cc(OC)c2)c1. The van der Waals surface area contributed by atoms with Crippen molar-refractivity contribution in [3.05, 3.63) is 96.6 Å². The Morgan fingerprint density at radius 1 is 0.773 bits per heavy atom. The van der Waals surface area contributed by atoms with E-state index in [-0.39, 0.29) is 29.0 Å². The molecule has 0 unspecified atom stereocenters. The summed E-state index contributed by atoms with van der Waals surface area (Å²) in [5.41, 5.74) is 3.90. The van der Waals surface area contributed by atoms with Gasteiger partial charge < -0.3 is 25.4 Å². The van der Waals surface area contributed by atoms with Gasteiger partial charge in [-0.3, -0.25) is 9.52 Å². The van der Waals surface area contributed by atoms with Gasteiger partial charge in [0.05, 0.1) is 36.7 Å². The number of aryl methyl sites for hydroxylation is 1. The molecule has 0 saturated heterocycles. The Labute approximate surface area is 255 Å². The maximum Gasteiger partial charge on any atom is 0.263 e. The van der Waals surface area contributed by atoms with E-state index in [1.54, 1.807) is 48.5 Å². The number of aromatic nitrogens is 2. The van der Waals surface area contributed by atoms with Gasteiger partial charge in [0.1, 0.15) is 11.5 Å². The van der Waals surface area contributed by atoms with Gasteiger partial charge in [0.15, 0.2) is 11.6 Å². The standard InChI is InChI=1S/C32H32N6O5S/c1-4-21-10-5-6-13-27(21)33-20-30(39)34-22-11-9-12-26(18-22)44(40,41)38-32-31(36-28-14-7-8-15-29(28)37-32)35-23-16-24(42-2)19-25(17-23)43-3/h5-19,33H,4,20H2,1-3H3,(H,34,39)(H,35,36)(H,37,38). The molecule has 44 heavy (non-hydrogen) atoms. The first-order valence-electron chi connectivity index (χ1n) is 13.8. The zero-order chi connectivity index (χ0) is 31.1. The third-order valence-electron chi connectivity index (χ3n) is 6.68. The van der Waals surface area contributed by atoms with Crippen molar-refractivity contribution >= 4 is 55.7 Å². The summed E-state index contributed by atoms with van der Waals surface area (Å²) in [7, 11) is -1.09. The highest BCUT2D eigenvalue weighted by Crippen LogP contribution is 2.31. The van der Waals surface area contributed by atoms with E-state index < -0.39 is 10.0 Å². The van der Waals surface area contributed by atoms with Crippen LogP contribution in [0.5, 0.6) is 11.5 Å². The number of nitrogens with zero attached hydrogens (tertiary/aromatic N) is 2. The van der Waals surface area contributed by atoms with Gasteiger partial charge in [0, 0.05) is 35.3 Å². The molecule has 1 heterocycles. The van der Waals surface area contributed by atoms with Crippen molar-refractivity contribution in [2.24, 2.45) is 0 Å². The largest absolute Gasteiger partial charge is 0.497 e. The highest BCUT2D eigenvalue weighted by molar-refractivity contribution is 7.92. The fourth-order valence-electron chi connectivity index (χ4n) is 4.48. The van der Waals surface area contributed by atoms with Crippen LogP contribution in [0.15, 0.2) is 95.9 Å². The molecule has 11 nitrogen and oxygen atoms in total. The number of hydrogen-bond acceptors (Lipinski definition) is 9. The van der Waals surface area contributed by atoms with Crippen LogP contribution in [0, 0.1) is 0 Å². The van der Waals surface area contributed by atoms with Crippen LogP contribution in [0.3, 0.4) is 0 Å². The van der Waals surface area contributed by atoms with E-state index in [0.29, 0.717) is 33.9 Å². The highest BCUT2D eigenvalue weighted by atomic mass is 32.2. The fraction of sp³-hybridized carbons (Fsp3) is 0.156. The van der Waals surface area contributed by atoms with Gasteiger partial charge in [-0.05, 0) is 48.4 Å². The molecule has 226 valence electrons. The Hall–Kier alpha value is -5.36. The minimum atomic E-state index is -4.15. The molecule has 0 fully saturated rings. The quantitative estimate of drug-likeness (QED) is 0.137. The Morgan fingerprint density at radius 2 is 1.43 bits per heavy atom. The van der Waals surface area contributed by atoms with Gasteiger partial charge in [-0.1, -0.05) is 43.3 Å². The molecule has 4 aromatic carbocycles. The monoisotopic (exact) mass is 612 g/mol. The average Bonchev–Trinajstić information content (AvgIpc) is 3.04. The number of amides is 1. The second-order valence-electron chi connectivity index (χ2n) is 9.68. The zero-order valence-corrected chi connectivity index (χ0v) is 25.2. The topological polar surface area (TPSA) is 144 Å². The first-order chi connectivity index (χ1) is 21.3. The summed E-state index contributed by atoms with van der Waals surface area (Å²) in [6.07, 6.45) is 0.824. The molecule has 1 aromatic heterocycles. The second kappa shape index (κ2) is 13.3. The molecular weight excluding hydrogens is 580 g/mol. The number of hydrogen-bond donors (Lipinski definition) is 4. The summed E-state index contributed by atoms with van der Waals surface area (Å²) in [5, 5.41) is 9.03. The van der Waals surface area contributed by atoms with Gasteiger partial charge in [-0.25, -0.2) is 18.4 Å². The molecule has 4 N–H and O–H groups in total. The lowest BCUT2D eigenvalue weighted by Crippen LogP contribution is -2.22. The summed E-state index contributed by atoms with van der Waals surface area (Å²) >= 11 is 0. The Kier molecular flexibility index (Phi) is 9.10. The van der Waals surface area contributed by atoms with Crippen LogP contribution in [0.1, 0.15) is 12.5 Å². The molecule has 5 rings (SSSR count). The van der Waals surface area contributed by atoms with E-state index in [1.165, 1.54) is 26.4 Å². The molecule has 1 amide bonds. The number of fused-ring (bicyclic) bond motifs is 1. The molecule has 0 saturated carbocycles. The van der Waals surface area contributed by atoms with Gasteiger partial charge in [0.25, 0.3) is 10.0 Å². The lowest BCUT2D eigenvalue weighted by Gasteiger charge is -2.15. The number of carbonyl (C=O) groups excluding carboxylic acids is 1. The van der Waals surface area contributed by atoms with Crippen LogP contribution in [-0.2, 0) is 21.2 Å². The molecular formula is C32H32N6O5S. The number of carbonyl (C=O) groups is 1. The van der Waals surface area contributed by atoms with Crippen molar-refractivity contribution in [3.63, 3.8) is 0 Å². The number of para-hydroxylation sites is 3. The van der Waals surface area contributed by atoms with Crippen molar-refractivity contribution in [3.8, 4) is 11.5 Å². The minimum absolute atomic E-state index is 0.0151. The Bertz CT molecular complexity index is 1890. The zero-order valence-electron chi connectivity index (χ0n) is 24.4. The number of anilines is 5. The maximum absolute atomic E-state index is 13.6. The summed E-state index contributed by atoms with van der Waals surface area (Å²) < 4.78 is 40.5. The summed E-state index contributed by atoms with van der Waals surface area (Å²) in [6.45, 7) is 2.06. The molecule has 0 aliphatic heterocycles. The third-order valence-corrected chi connectivity index (χ3v) is 8.02. The number of nitrogens with one attached hydrogen (secondary N) is 4. The van der Waals surface area contributed by atoms with Crippen molar-refractivity contribution in [1.29, 1.82) is 0 Å². The smallest absolute Gasteiger partial charge is 0.263 e. The average molecular weight is 613 g/mol. The number of benzene rings is 4. The number of sulfonamides is 1. The van der Waals surface area contributed by atoms with Crippen LogP contribution < -0.4 is 30.1 Å². The van der Waals surface area contributed by atoms with Crippen molar-refractivity contribution in [2.45, 2.75) is 18.2 Å². The normalized spacial score (nSPS) is 11.1. The summed E-state index contributed by atoms with van der Waals surface area (Å²) in [4.78, 5) is 21.8. The molecule has 0 aliphatic rings. The maximum atomic E-state index is 13.6. The molecule has 0 atom stereocenters. The molecule has 0 spiro atoms. The van der Waals surface area contributed by atoms with Gasteiger partial charge in [-0.15, -0.1) is 0 Å². The molecule has 5 aromatic rings. The lowest BCUT2D eigenvalue weighted by molar-refractivity contribution is -0.114. The van der Waals surface area contributed by atoms with E-state index in [0.717, 1.165) is 17.7 Å². The summed E-state index contributed by atoms with van der Waals surface area (Å²) in [5.74, 6) is 0.904. The van der Waals surface area contributed by atoms with Crippen LogP contribution in [0.25, 0.3) is 11.0 Å². The van der Waals surface area contributed by atoms with Crippen LogP contribution in [0.4, 0.5) is 28.7 Å². The lowest BCUT2D eigenvalue weighted by atomic mass is 10.1. The predicted molar refractivity (Wildman–Crippen MR) is 173 cm³/mol. The third kappa shape index (κ3) is 7.16. The number of rotatable bonds is 12. The minimum Gasteiger partial charge on any atom is -0.497 e. The number of ether oxygens (including phenoxy) is 2. The van der Waals surface area contributed by atoms with E-state index in [9.17, 15) is 13.2 Å². The highest BCUT2D eigenvalue weighted by Gasteiger charge is 2.20. The van der Waals surface area contributed by atoms with Gasteiger partial charge in [0.2, 0.25) is 5.91 Å². The molecule has 0 bridgehead atoms. The van der Waals surface area contributed by atoms with E-state index in [1.807, 2.05) is 37.3 Å². The van der Waals surface area contributed by atoms with Crippen LogP contribution >= 0.6 is 0 Å². The molecule has 0 aliphatic carbocycles. The van der Waals surface area contributed by atoms with Crippen molar-refractivity contribution in [2.75, 3.05) is 41.4 Å². The predicted octanol–water partition coefficient (Wildman–Crippen LogP) is 5.80. The Balaban J connectivity index is 1.38. The first kappa shape index (κ1) is 30.1. The first-order valence-corrected chi connectivity index (χ1v) is 15.3. The van der Waals surface area contributed by atoms with Crippen LogP contribution in [-0.4, -0.2) is 45.1 Å². The second-order valence-corrected chi connectivity index (χ2v) is 11.4. The van der Waals surface area contributed by atoms with Crippen molar-refractivity contribution in [1.82, 2.24) is 9.97 Å². The fourth-order valence-corrected chi connectivity index (χ4v) is 5.54. The number of methoxy groups -OCH3 is 2. The molecule has 0 radical (unpaired) electrons. The van der Waals surface area contributed by atoms with E-state index in [2.05, 4.69) is 30.6 Å². The van der Waals surface area contributed by atoms with Gasteiger partial charge in [-0.2, -0.15) is 0 Å². The summed E-state index contributed by atoms with van der Waals surface area (Å²) in [6, 6.07) is 26.0. The Morgan fingerprint density at radius 3 is 2.11 bits per heavy atom. The van der Waals surface area contributed by atoms with E-state index in [4.69, 9.17) is 9.47 Å². The molecule has 12 heteroatoms. The van der Waals surface area contributed by atoms with Crippen molar-refractivity contribution < 1.29 is 22.7 Å².